The molecule has 120 valence electrons. The molecule has 0 aliphatic rings. The summed E-state index contributed by atoms with van der Waals surface area (Å²) >= 11 is 1.53. The molecule has 0 aliphatic heterocycles. The summed E-state index contributed by atoms with van der Waals surface area (Å²) in [5, 5.41) is 4.86. The number of H-pyrrole nitrogens is 1. The fourth-order valence-corrected chi connectivity index (χ4v) is 3.24. The summed E-state index contributed by atoms with van der Waals surface area (Å²) in [5.41, 5.74) is 2.62. The lowest BCUT2D eigenvalue weighted by atomic mass is 10.1. The topological polar surface area (TPSA) is 93.4 Å². The van der Waals surface area contributed by atoms with Gasteiger partial charge >= 0.3 is 0 Å². The minimum absolute atomic E-state index is 0.0246. The van der Waals surface area contributed by atoms with Gasteiger partial charge < -0.3 is 9.51 Å². The highest BCUT2D eigenvalue weighted by Gasteiger charge is 2.18. The van der Waals surface area contributed by atoms with Crippen molar-refractivity contribution in [1.29, 1.82) is 0 Å². The van der Waals surface area contributed by atoms with E-state index in [1.807, 2.05) is 37.3 Å². The standard InChI is InChI=1S/C16H14N6OS/c1-10(24-16-13-14(18-8-17-13)19-9-20-16)15-21-12(22-23-15)7-11-5-3-2-4-6-11/h2-6,8-10H,7H2,1H3,(H,17,18,19,20). The Kier molecular flexibility index (Phi) is 3.96. The number of imidazole rings is 1. The van der Waals surface area contributed by atoms with Crippen LogP contribution in [0.3, 0.4) is 0 Å². The number of fused-ring (bicyclic) bond motifs is 1. The van der Waals surface area contributed by atoms with Gasteiger partial charge in [0.2, 0.25) is 5.89 Å². The van der Waals surface area contributed by atoms with E-state index in [1.165, 1.54) is 18.1 Å². The first-order valence-corrected chi connectivity index (χ1v) is 8.34. The SMILES string of the molecule is CC(Sc1ncnc2nc[nH]c12)c1nc(Cc2ccccc2)no1. The Bertz CT molecular complexity index is 951. The second-order valence-corrected chi connectivity index (χ2v) is 6.58. The Morgan fingerprint density at radius 2 is 2.04 bits per heavy atom. The van der Waals surface area contributed by atoms with Crippen LogP contribution >= 0.6 is 11.8 Å². The molecule has 1 atom stereocenters. The molecule has 8 heteroatoms. The van der Waals surface area contributed by atoms with Crippen molar-refractivity contribution in [1.82, 2.24) is 30.1 Å². The van der Waals surface area contributed by atoms with E-state index in [-0.39, 0.29) is 5.25 Å². The number of thioether (sulfide) groups is 1. The van der Waals surface area contributed by atoms with E-state index in [4.69, 9.17) is 4.52 Å². The molecule has 0 saturated carbocycles. The average molecular weight is 338 g/mol. The van der Waals surface area contributed by atoms with Gasteiger partial charge in [-0.15, -0.1) is 0 Å². The third kappa shape index (κ3) is 3.00. The maximum absolute atomic E-state index is 5.41. The average Bonchev–Trinajstić information content (AvgIpc) is 3.25. The molecular formula is C16H14N6OS. The van der Waals surface area contributed by atoms with Crippen molar-refractivity contribution in [2.75, 3.05) is 0 Å². The minimum atomic E-state index is -0.0246. The van der Waals surface area contributed by atoms with Crippen LogP contribution < -0.4 is 0 Å². The van der Waals surface area contributed by atoms with Crippen LogP contribution in [0.15, 0.2) is 52.5 Å². The quantitative estimate of drug-likeness (QED) is 0.441. The second-order valence-electron chi connectivity index (χ2n) is 5.25. The van der Waals surface area contributed by atoms with E-state index in [0.29, 0.717) is 23.8 Å². The molecule has 1 N–H and O–H groups in total. The van der Waals surface area contributed by atoms with Gasteiger partial charge in [-0.3, -0.25) is 0 Å². The van der Waals surface area contributed by atoms with E-state index in [9.17, 15) is 0 Å². The number of aromatic amines is 1. The molecule has 0 fully saturated rings. The maximum atomic E-state index is 5.41. The Hall–Kier alpha value is -2.74. The first-order chi connectivity index (χ1) is 11.8. The van der Waals surface area contributed by atoms with Crippen LogP contribution in [0.2, 0.25) is 0 Å². The van der Waals surface area contributed by atoms with Crippen LogP contribution in [-0.2, 0) is 6.42 Å². The summed E-state index contributed by atoms with van der Waals surface area (Å²) in [6.45, 7) is 2.01. The van der Waals surface area contributed by atoms with Crippen molar-refractivity contribution in [2.24, 2.45) is 0 Å². The van der Waals surface area contributed by atoms with Crippen molar-refractivity contribution < 1.29 is 4.52 Å². The predicted octanol–water partition coefficient (Wildman–Crippen LogP) is 3.18. The highest BCUT2D eigenvalue weighted by atomic mass is 32.2. The van der Waals surface area contributed by atoms with Crippen LogP contribution in [-0.4, -0.2) is 30.1 Å². The number of hydrogen-bond donors (Lipinski definition) is 1. The normalized spacial score (nSPS) is 12.5. The largest absolute Gasteiger partial charge is 0.341 e. The molecule has 3 heterocycles. The van der Waals surface area contributed by atoms with E-state index in [0.717, 1.165) is 16.1 Å². The number of benzene rings is 1. The fourth-order valence-electron chi connectivity index (χ4n) is 2.33. The molecule has 1 aromatic carbocycles. The number of rotatable bonds is 5. The van der Waals surface area contributed by atoms with Crippen LogP contribution in [0.1, 0.15) is 29.5 Å². The molecular weight excluding hydrogens is 324 g/mol. The van der Waals surface area contributed by atoms with Gasteiger partial charge in [-0.05, 0) is 12.5 Å². The van der Waals surface area contributed by atoms with E-state index in [1.54, 1.807) is 6.33 Å². The smallest absolute Gasteiger partial charge is 0.239 e. The maximum Gasteiger partial charge on any atom is 0.239 e. The molecule has 7 nitrogen and oxygen atoms in total. The van der Waals surface area contributed by atoms with Crippen molar-refractivity contribution in [3.05, 3.63) is 60.3 Å². The number of nitrogens with zero attached hydrogens (tertiary/aromatic N) is 5. The molecule has 3 aromatic heterocycles. The summed E-state index contributed by atoms with van der Waals surface area (Å²) in [7, 11) is 0. The van der Waals surface area contributed by atoms with Crippen molar-refractivity contribution in [2.45, 2.75) is 23.6 Å². The van der Waals surface area contributed by atoms with Crippen LogP contribution in [0.4, 0.5) is 0 Å². The Morgan fingerprint density at radius 1 is 1.17 bits per heavy atom. The van der Waals surface area contributed by atoms with Gasteiger partial charge in [0.15, 0.2) is 11.5 Å². The minimum Gasteiger partial charge on any atom is -0.341 e. The summed E-state index contributed by atoms with van der Waals surface area (Å²) < 4.78 is 5.41. The highest BCUT2D eigenvalue weighted by molar-refractivity contribution is 7.99. The van der Waals surface area contributed by atoms with Gasteiger partial charge in [0, 0.05) is 6.42 Å². The molecule has 0 radical (unpaired) electrons. The molecule has 0 bridgehead atoms. The summed E-state index contributed by atoms with van der Waals surface area (Å²) in [5.74, 6) is 1.26. The Morgan fingerprint density at radius 3 is 2.92 bits per heavy atom. The van der Waals surface area contributed by atoms with Crippen LogP contribution in [0.5, 0.6) is 0 Å². The fraction of sp³-hybridized carbons (Fsp3) is 0.188. The Labute approximate surface area is 141 Å². The molecule has 0 amide bonds. The highest BCUT2D eigenvalue weighted by Crippen LogP contribution is 2.35. The van der Waals surface area contributed by atoms with E-state index < -0.39 is 0 Å². The van der Waals surface area contributed by atoms with Crippen LogP contribution in [0.25, 0.3) is 11.2 Å². The first-order valence-electron chi connectivity index (χ1n) is 7.47. The molecule has 24 heavy (non-hydrogen) atoms. The van der Waals surface area contributed by atoms with Gasteiger partial charge in [-0.2, -0.15) is 4.98 Å². The van der Waals surface area contributed by atoms with Gasteiger partial charge in [-0.25, -0.2) is 15.0 Å². The number of aromatic nitrogens is 6. The molecule has 1 unspecified atom stereocenters. The van der Waals surface area contributed by atoms with E-state index in [2.05, 4.69) is 30.1 Å². The first kappa shape index (κ1) is 14.8. The van der Waals surface area contributed by atoms with Crippen molar-refractivity contribution in [3.8, 4) is 0 Å². The zero-order valence-electron chi connectivity index (χ0n) is 12.9. The monoisotopic (exact) mass is 338 g/mol. The van der Waals surface area contributed by atoms with E-state index >= 15 is 0 Å². The molecule has 4 aromatic rings. The number of hydrogen-bond acceptors (Lipinski definition) is 7. The lowest BCUT2D eigenvalue weighted by molar-refractivity contribution is 0.375. The molecule has 0 aliphatic carbocycles. The van der Waals surface area contributed by atoms with Crippen LogP contribution in [0, 0.1) is 0 Å². The zero-order valence-corrected chi connectivity index (χ0v) is 13.7. The lowest BCUT2D eigenvalue weighted by Gasteiger charge is -2.05. The van der Waals surface area contributed by atoms with Gasteiger partial charge in [0.05, 0.1) is 11.6 Å². The van der Waals surface area contributed by atoms with Gasteiger partial charge in [0.25, 0.3) is 0 Å². The van der Waals surface area contributed by atoms with Gasteiger partial charge in [-0.1, -0.05) is 47.3 Å². The van der Waals surface area contributed by atoms with Crippen molar-refractivity contribution >= 4 is 22.9 Å². The number of nitrogens with one attached hydrogen (secondary N) is 1. The Balaban J connectivity index is 1.51. The van der Waals surface area contributed by atoms with Gasteiger partial charge in [0.1, 0.15) is 16.9 Å². The molecule has 0 saturated heterocycles. The molecule has 0 spiro atoms. The summed E-state index contributed by atoms with van der Waals surface area (Å²) in [4.78, 5) is 20.1. The summed E-state index contributed by atoms with van der Waals surface area (Å²) in [6.07, 6.45) is 3.77. The molecule has 4 rings (SSSR count). The zero-order chi connectivity index (χ0) is 16.4. The lowest BCUT2D eigenvalue weighted by Crippen LogP contribution is -1.94. The summed E-state index contributed by atoms with van der Waals surface area (Å²) in [6, 6.07) is 10.1. The van der Waals surface area contributed by atoms with Crippen molar-refractivity contribution in [3.63, 3.8) is 0 Å². The third-order valence-corrected chi connectivity index (χ3v) is 4.60. The third-order valence-electron chi connectivity index (χ3n) is 3.51. The second kappa shape index (κ2) is 6.40. The predicted molar refractivity (Wildman–Crippen MR) is 89.5 cm³/mol.